The third kappa shape index (κ3) is 4.58. The Labute approximate surface area is 204 Å². The molecule has 1 aromatic heterocycles. The highest BCUT2D eigenvalue weighted by molar-refractivity contribution is 8.02. The van der Waals surface area contributed by atoms with Crippen molar-refractivity contribution in [2.24, 2.45) is 16.8 Å². The zero-order valence-electron chi connectivity index (χ0n) is 20.5. The minimum absolute atomic E-state index is 0.0848. The van der Waals surface area contributed by atoms with E-state index in [0.717, 1.165) is 34.5 Å². The molecule has 3 heterocycles. The molecule has 4 atom stereocenters. The van der Waals surface area contributed by atoms with Crippen molar-refractivity contribution in [3.8, 4) is 0 Å². The second-order valence-electron chi connectivity index (χ2n) is 9.42. The number of halogens is 1. The van der Waals surface area contributed by atoms with Gasteiger partial charge in [0, 0.05) is 52.3 Å². The highest BCUT2D eigenvalue weighted by atomic mass is 32.2. The number of likely N-dealkylation sites (tertiary alicyclic amines) is 1. The maximum atomic E-state index is 15.0. The highest BCUT2D eigenvalue weighted by Crippen LogP contribution is 2.36. The monoisotopic (exact) mass is 484 g/mol. The molecule has 34 heavy (non-hydrogen) atoms. The number of fused-ring (bicyclic) bond motifs is 1. The van der Waals surface area contributed by atoms with E-state index < -0.39 is 12.1 Å². The van der Waals surface area contributed by atoms with Gasteiger partial charge in [0.1, 0.15) is 6.17 Å². The Bertz CT molecular complexity index is 1170. The number of thioether (sulfide) groups is 1. The number of piperidine rings is 1. The first kappa shape index (κ1) is 24.7. The molecule has 2 aromatic rings. The van der Waals surface area contributed by atoms with E-state index in [1.807, 2.05) is 55.5 Å². The van der Waals surface area contributed by atoms with Crippen LogP contribution in [0.4, 0.5) is 4.39 Å². The molecule has 0 aliphatic carbocycles. The zero-order chi connectivity index (χ0) is 24.6. The zero-order valence-corrected chi connectivity index (χ0v) is 21.3. The number of allylic oxidation sites excluding steroid dienone is 1. The molecule has 0 bridgehead atoms. The van der Waals surface area contributed by atoms with Crippen LogP contribution < -0.4 is 5.32 Å². The van der Waals surface area contributed by atoms with Gasteiger partial charge in [0.05, 0.1) is 11.5 Å². The molecular weight excluding hydrogens is 451 g/mol. The van der Waals surface area contributed by atoms with Crippen molar-refractivity contribution in [2.45, 2.75) is 39.4 Å². The number of amides is 2. The van der Waals surface area contributed by atoms with Crippen LogP contribution in [0.3, 0.4) is 0 Å². The number of nitrogens with zero attached hydrogens (tertiary/aromatic N) is 3. The van der Waals surface area contributed by atoms with Gasteiger partial charge in [0.15, 0.2) is 0 Å². The molecule has 8 heteroatoms. The van der Waals surface area contributed by atoms with Crippen molar-refractivity contribution in [3.63, 3.8) is 0 Å². The van der Waals surface area contributed by atoms with Crippen molar-refractivity contribution in [1.29, 1.82) is 0 Å². The van der Waals surface area contributed by atoms with E-state index in [1.54, 1.807) is 6.92 Å². The lowest BCUT2D eigenvalue weighted by Gasteiger charge is -2.37. The summed E-state index contributed by atoms with van der Waals surface area (Å²) in [5.74, 6) is -1.04. The van der Waals surface area contributed by atoms with Crippen LogP contribution >= 0.6 is 11.8 Å². The molecule has 1 aromatic carbocycles. The average Bonchev–Trinajstić information content (AvgIpc) is 3.09. The molecule has 2 unspecified atom stereocenters. The van der Waals surface area contributed by atoms with E-state index in [9.17, 15) is 9.59 Å². The number of hydrogen-bond donors (Lipinski definition) is 1. The third-order valence-corrected chi connectivity index (χ3v) is 8.06. The lowest BCUT2D eigenvalue weighted by Crippen LogP contribution is -2.42. The summed E-state index contributed by atoms with van der Waals surface area (Å²) in [4.78, 5) is 32.9. The van der Waals surface area contributed by atoms with E-state index in [2.05, 4.69) is 21.8 Å². The number of hydrogen-bond acceptors (Lipinski definition) is 4. The fraction of sp³-hybridized carbons (Fsp3) is 0.500. The number of carbonyl (C=O) groups excluding carboxylic acids is 2. The average molecular weight is 485 g/mol. The van der Waals surface area contributed by atoms with Crippen LogP contribution in [-0.2, 0) is 4.79 Å². The molecular formula is C26H33FN4O2S. The lowest BCUT2D eigenvalue weighted by molar-refractivity contribution is -0.120. The first-order valence-corrected chi connectivity index (χ1v) is 13.0. The molecule has 0 radical (unpaired) electrons. The first-order valence-electron chi connectivity index (χ1n) is 11.8. The highest BCUT2D eigenvalue weighted by Gasteiger charge is 2.35. The summed E-state index contributed by atoms with van der Waals surface area (Å²) < 4.78 is 17.1. The van der Waals surface area contributed by atoms with Crippen LogP contribution in [0.1, 0.15) is 42.4 Å². The van der Waals surface area contributed by atoms with Gasteiger partial charge in [-0.3, -0.25) is 9.59 Å². The maximum absolute atomic E-state index is 15.0. The van der Waals surface area contributed by atoms with Crippen molar-refractivity contribution in [2.75, 3.05) is 32.9 Å². The predicted octanol–water partition coefficient (Wildman–Crippen LogP) is 4.39. The fourth-order valence-corrected chi connectivity index (χ4v) is 6.15. The standard InChI is InChI=1S/C26H33FN4O2S/c1-15-12-23(34-5)20(25(32)29-15)13-28-26(33)24-17(3)31(22-9-7-6-8-19(22)24)16(2)18-10-11-30(4)14-21(18)27/h6-9,12,16,18,20-21H,10-11,13-14H2,1-5H3,(H,28,33)/t16-,18?,20?,21-/m1/s1. The molecule has 0 spiro atoms. The smallest absolute Gasteiger partial charge is 0.255 e. The second-order valence-corrected chi connectivity index (χ2v) is 10.3. The number of nitrogens with one attached hydrogen (secondary N) is 1. The Morgan fingerprint density at radius 2 is 2.06 bits per heavy atom. The Morgan fingerprint density at radius 1 is 1.32 bits per heavy atom. The van der Waals surface area contributed by atoms with Crippen LogP contribution in [0.5, 0.6) is 0 Å². The molecule has 6 nitrogen and oxygen atoms in total. The van der Waals surface area contributed by atoms with Gasteiger partial charge >= 0.3 is 0 Å². The molecule has 1 fully saturated rings. The number of aromatic nitrogens is 1. The van der Waals surface area contributed by atoms with Crippen LogP contribution in [-0.4, -0.2) is 66.1 Å². The molecule has 0 saturated carbocycles. The largest absolute Gasteiger partial charge is 0.351 e. The van der Waals surface area contributed by atoms with E-state index >= 15 is 4.39 Å². The van der Waals surface area contributed by atoms with Crippen LogP contribution in [0.15, 0.2) is 40.2 Å². The van der Waals surface area contributed by atoms with Crippen molar-refractivity contribution >= 4 is 40.2 Å². The Kier molecular flexibility index (Phi) is 7.28. The van der Waals surface area contributed by atoms with Crippen LogP contribution in [0.25, 0.3) is 10.9 Å². The summed E-state index contributed by atoms with van der Waals surface area (Å²) in [6, 6.07) is 7.71. The third-order valence-electron chi connectivity index (χ3n) is 7.19. The number of carbonyl (C=O) groups is 2. The number of para-hydroxylation sites is 1. The van der Waals surface area contributed by atoms with Gasteiger partial charge in [-0.1, -0.05) is 18.2 Å². The molecule has 2 amide bonds. The van der Waals surface area contributed by atoms with Gasteiger partial charge in [-0.25, -0.2) is 9.38 Å². The normalized spacial score (nSPS) is 24.6. The van der Waals surface area contributed by atoms with Gasteiger partial charge < -0.3 is 14.8 Å². The van der Waals surface area contributed by atoms with E-state index in [-0.39, 0.29) is 30.3 Å². The summed E-state index contributed by atoms with van der Waals surface area (Å²) in [6.45, 7) is 7.28. The van der Waals surface area contributed by atoms with Gasteiger partial charge in [0.2, 0.25) is 0 Å². The quantitative estimate of drug-likeness (QED) is 0.660. The van der Waals surface area contributed by atoms with Crippen molar-refractivity contribution in [1.82, 2.24) is 14.8 Å². The van der Waals surface area contributed by atoms with E-state index in [0.29, 0.717) is 17.8 Å². The summed E-state index contributed by atoms with van der Waals surface area (Å²) >= 11 is 1.50. The van der Waals surface area contributed by atoms with Crippen molar-refractivity contribution < 1.29 is 14.0 Å². The van der Waals surface area contributed by atoms with Gasteiger partial charge in [0.25, 0.3) is 11.8 Å². The summed E-state index contributed by atoms with van der Waals surface area (Å²) in [6.07, 6.45) is 3.69. The molecule has 2 aliphatic heterocycles. The van der Waals surface area contributed by atoms with E-state index in [1.165, 1.54) is 11.8 Å². The van der Waals surface area contributed by atoms with Crippen LogP contribution in [0, 0.1) is 18.8 Å². The summed E-state index contributed by atoms with van der Waals surface area (Å²) in [7, 11) is 1.95. The molecule has 1 N–H and O–H groups in total. The van der Waals surface area contributed by atoms with E-state index in [4.69, 9.17) is 0 Å². The Balaban J connectivity index is 1.62. The van der Waals surface area contributed by atoms with Crippen molar-refractivity contribution in [3.05, 3.63) is 46.5 Å². The summed E-state index contributed by atoms with van der Waals surface area (Å²) in [5.41, 5.74) is 3.03. The number of dihydropyridines is 1. The molecule has 1 saturated heterocycles. The Hall–Kier alpha value is -2.45. The molecule has 4 rings (SSSR count). The number of aliphatic imine (C=N–C) groups is 1. The van der Waals surface area contributed by atoms with Gasteiger partial charge in [-0.2, -0.15) is 0 Å². The number of benzene rings is 1. The second kappa shape index (κ2) is 10.0. The maximum Gasteiger partial charge on any atom is 0.255 e. The number of rotatable bonds is 6. The summed E-state index contributed by atoms with van der Waals surface area (Å²) in [5, 5.41) is 3.82. The topological polar surface area (TPSA) is 66.7 Å². The Morgan fingerprint density at radius 3 is 2.76 bits per heavy atom. The minimum atomic E-state index is -0.912. The molecule has 182 valence electrons. The van der Waals surface area contributed by atoms with Gasteiger partial charge in [-0.15, -0.1) is 11.8 Å². The first-order chi connectivity index (χ1) is 16.2. The SMILES string of the molecule is CSC1=CC(C)=NC(=O)C1CNC(=O)c1c(C)n([C@H](C)C2CCN(C)C[C@H]2F)c2ccccc12. The fourth-order valence-electron chi connectivity index (χ4n) is 5.40. The minimum Gasteiger partial charge on any atom is -0.351 e. The van der Waals surface area contributed by atoms with Crippen LogP contribution in [0.2, 0.25) is 0 Å². The van der Waals surface area contributed by atoms with Gasteiger partial charge in [-0.05, 0) is 59.2 Å². The lowest BCUT2D eigenvalue weighted by atomic mass is 9.88. The molecule has 2 aliphatic rings. The number of alkyl halides is 1. The predicted molar refractivity (Wildman–Crippen MR) is 137 cm³/mol.